The molecule has 0 spiro atoms. The second-order valence-corrected chi connectivity index (χ2v) is 20.2. The Balaban J connectivity index is 0.733. The molecule has 0 aromatic heterocycles. The number of urea groups is 1. The molecule has 4 aromatic carbocycles. The molecule has 4 aromatic rings. The minimum Gasteiger partial charge on any atom is -0.495 e. The molecule has 6 amide bonds. The second-order valence-electron chi connectivity index (χ2n) is 19.8. The van der Waals surface area contributed by atoms with Crippen molar-refractivity contribution in [2.45, 2.75) is 87.9 Å². The van der Waals surface area contributed by atoms with E-state index in [-0.39, 0.29) is 83.3 Å². The SMILES string of the molecule is COc1ccc(C(=O)N2CCC(N3CCN(CC(=O)NC4CCC(NCC(c5ccccc5)c5ccc(Cl)c(-c6c(C(N)=O)ccc(OC[C@@H]7CCCO7)c6F)c5)CC4)CC3)CC2)cc1N1CCC(=O)NC1=O. The summed E-state index contributed by atoms with van der Waals surface area (Å²) in [6, 6.07) is 23.8. The first-order valence-electron chi connectivity index (χ1n) is 25.7. The molecule has 16 nitrogen and oxygen atoms in total. The van der Waals surface area contributed by atoms with Gasteiger partial charge in [-0.25, -0.2) is 9.18 Å². The Bertz CT molecular complexity index is 2630. The van der Waals surface area contributed by atoms with Crippen LogP contribution in [0.5, 0.6) is 11.5 Å². The van der Waals surface area contributed by atoms with Crippen LogP contribution in [0.2, 0.25) is 5.02 Å². The van der Waals surface area contributed by atoms with Crippen LogP contribution < -0.4 is 36.1 Å². The lowest BCUT2D eigenvalue weighted by molar-refractivity contribution is -0.124. The Morgan fingerprint density at radius 2 is 1.59 bits per heavy atom. The highest BCUT2D eigenvalue weighted by molar-refractivity contribution is 6.33. The van der Waals surface area contributed by atoms with E-state index in [4.69, 9.17) is 31.5 Å². The molecule has 1 unspecified atom stereocenters. The van der Waals surface area contributed by atoms with Gasteiger partial charge < -0.3 is 35.5 Å². The van der Waals surface area contributed by atoms with Crippen molar-refractivity contribution in [3.63, 3.8) is 0 Å². The molecule has 2 atom stereocenters. The number of amides is 6. The van der Waals surface area contributed by atoms with E-state index < -0.39 is 17.8 Å². The zero-order valence-corrected chi connectivity index (χ0v) is 42.2. The number of carbonyl (C=O) groups excluding carboxylic acids is 5. The standard InChI is InChI=1S/C55H66ClFN8O8/c1-71-47-17-10-37(31-46(47)65-24-21-49(66)61-55(65)70)54(69)64-22-19-40(20-23-64)63-27-25-62(26-28-63)33-50(67)60-39-13-11-38(12-14-39)59-32-44(35-6-3-2-4-7-35)36-9-16-45(56)43(30-36)51-42(53(58)68)15-18-48(52(51)57)73-34-41-8-5-29-72-41/h2-4,6-7,9-10,15-18,30-31,38-41,44,59H,5,8,11-14,19-29,32-34H2,1H3,(H2,58,68)(H,60,67)(H,61,66,70)/t38?,39?,41-,44?/m0/s1. The van der Waals surface area contributed by atoms with Gasteiger partial charge in [0.2, 0.25) is 17.7 Å². The molecule has 5 N–H and O–H groups in total. The van der Waals surface area contributed by atoms with Gasteiger partial charge in [0.05, 0.1) is 31.0 Å². The van der Waals surface area contributed by atoms with Gasteiger partial charge >= 0.3 is 6.03 Å². The van der Waals surface area contributed by atoms with Crippen LogP contribution >= 0.6 is 11.6 Å². The molecule has 0 bridgehead atoms. The lowest BCUT2D eigenvalue weighted by Crippen LogP contribution is -2.55. The van der Waals surface area contributed by atoms with E-state index >= 15 is 4.39 Å². The van der Waals surface area contributed by atoms with Gasteiger partial charge in [0, 0.05) is 111 Å². The predicted octanol–water partition coefficient (Wildman–Crippen LogP) is 6.33. The molecule has 1 aliphatic carbocycles. The van der Waals surface area contributed by atoms with Gasteiger partial charge in [0.25, 0.3) is 5.91 Å². The van der Waals surface area contributed by atoms with Gasteiger partial charge in [0.1, 0.15) is 12.4 Å². The number of nitrogens with two attached hydrogens (primary N) is 1. The van der Waals surface area contributed by atoms with Crippen molar-refractivity contribution in [1.82, 2.24) is 30.7 Å². The summed E-state index contributed by atoms with van der Waals surface area (Å²) in [5.74, 6) is -1.53. The minimum absolute atomic E-state index is 0.00185. The maximum absolute atomic E-state index is 16.4. The number of primary amides is 1. The Kier molecular flexibility index (Phi) is 16.9. The fourth-order valence-electron chi connectivity index (χ4n) is 11.1. The van der Waals surface area contributed by atoms with Crippen molar-refractivity contribution in [3.8, 4) is 22.6 Å². The maximum atomic E-state index is 16.4. The average molecular weight is 1020 g/mol. The van der Waals surface area contributed by atoms with Crippen LogP contribution in [0.1, 0.15) is 95.5 Å². The number of piperidine rings is 1. The normalized spacial score (nSPS) is 21.7. The number of benzene rings is 4. The lowest BCUT2D eigenvalue weighted by Gasteiger charge is -2.42. The van der Waals surface area contributed by atoms with E-state index in [2.05, 4.69) is 37.9 Å². The number of hydrogen-bond donors (Lipinski definition) is 4. The Hall–Kier alpha value is -6.11. The third-order valence-corrected chi connectivity index (χ3v) is 15.5. The van der Waals surface area contributed by atoms with Crippen LogP contribution in [-0.2, 0) is 14.3 Å². The van der Waals surface area contributed by atoms with E-state index in [0.29, 0.717) is 61.4 Å². The van der Waals surface area contributed by atoms with Crippen LogP contribution in [0, 0.1) is 5.82 Å². The van der Waals surface area contributed by atoms with Crippen molar-refractivity contribution < 1.29 is 42.6 Å². The summed E-state index contributed by atoms with van der Waals surface area (Å²) in [7, 11) is 1.51. The van der Waals surface area contributed by atoms with E-state index in [9.17, 15) is 24.0 Å². The number of methoxy groups -OCH3 is 1. The van der Waals surface area contributed by atoms with E-state index in [1.165, 1.54) is 24.1 Å². The molecule has 4 heterocycles. The number of hydrogen-bond acceptors (Lipinski definition) is 11. The predicted molar refractivity (Wildman–Crippen MR) is 276 cm³/mol. The first-order valence-corrected chi connectivity index (χ1v) is 26.1. The number of rotatable bonds is 17. The summed E-state index contributed by atoms with van der Waals surface area (Å²) >= 11 is 6.80. The van der Waals surface area contributed by atoms with Crippen molar-refractivity contribution in [3.05, 3.63) is 112 Å². The first kappa shape index (κ1) is 51.8. The van der Waals surface area contributed by atoms with Crippen LogP contribution in [-0.4, -0.2) is 148 Å². The van der Waals surface area contributed by atoms with Gasteiger partial charge in [-0.2, -0.15) is 0 Å². The summed E-state index contributed by atoms with van der Waals surface area (Å²) in [4.78, 5) is 72.1. The molecule has 388 valence electrons. The van der Waals surface area contributed by atoms with Crippen molar-refractivity contribution in [2.75, 3.05) is 84.1 Å². The summed E-state index contributed by atoms with van der Waals surface area (Å²) in [6.45, 7) is 6.54. The second kappa shape index (κ2) is 23.8. The molecule has 1 saturated carbocycles. The molecular weight excluding hydrogens is 955 g/mol. The van der Waals surface area contributed by atoms with E-state index in [1.807, 2.05) is 35.2 Å². The summed E-state index contributed by atoms with van der Waals surface area (Å²) in [6.07, 6.45) is 7.01. The van der Waals surface area contributed by atoms with Crippen LogP contribution in [0.25, 0.3) is 11.1 Å². The molecule has 4 aliphatic heterocycles. The maximum Gasteiger partial charge on any atom is 0.328 e. The van der Waals surface area contributed by atoms with Crippen LogP contribution in [0.4, 0.5) is 14.9 Å². The minimum atomic E-state index is -0.772. The fraction of sp³-hybridized carbons (Fsp3) is 0.473. The third kappa shape index (κ3) is 12.5. The summed E-state index contributed by atoms with van der Waals surface area (Å²) in [5.41, 5.74) is 9.06. The topological polar surface area (TPSA) is 188 Å². The number of ether oxygens (including phenoxy) is 3. The number of likely N-dealkylation sites (tertiary alicyclic amines) is 1. The van der Waals surface area contributed by atoms with E-state index in [1.54, 1.807) is 24.3 Å². The monoisotopic (exact) mass is 1020 g/mol. The Labute approximate surface area is 431 Å². The molecule has 4 saturated heterocycles. The Morgan fingerprint density at radius 1 is 0.849 bits per heavy atom. The average Bonchev–Trinajstić information content (AvgIpc) is 3.93. The van der Waals surface area contributed by atoms with Gasteiger partial charge in [-0.05, 0) is 105 Å². The molecule has 5 aliphatic rings. The lowest BCUT2D eigenvalue weighted by atomic mass is 9.87. The first-order chi connectivity index (χ1) is 35.4. The summed E-state index contributed by atoms with van der Waals surface area (Å²) < 4.78 is 33.5. The molecule has 18 heteroatoms. The quantitative estimate of drug-likeness (QED) is 0.0926. The smallest absolute Gasteiger partial charge is 0.328 e. The Morgan fingerprint density at radius 3 is 2.29 bits per heavy atom. The number of piperazine rings is 1. The number of halogens is 2. The van der Waals surface area contributed by atoms with E-state index in [0.717, 1.165) is 88.7 Å². The van der Waals surface area contributed by atoms with Crippen LogP contribution in [0.3, 0.4) is 0 Å². The zero-order chi connectivity index (χ0) is 51.0. The number of anilines is 1. The number of imide groups is 1. The van der Waals surface area contributed by atoms with Gasteiger partial charge in [0.15, 0.2) is 11.6 Å². The highest BCUT2D eigenvalue weighted by Crippen LogP contribution is 2.40. The molecule has 9 rings (SSSR count). The fourth-order valence-corrected chi connectivity index (χ4v) is 11.3. The molecular formula is C55H66ClFN8O8. The zero-order valence-electron chi connectivity index (χ0n) is 41.4. The third-order valence-electron chi connectivity index (χ3n) is 15.2. The molecule has 5 fully saturated rings. The van der Waals surface area contributed by atoms with Crippen molar-refractivity contribution in [1.29, 1.82) is 0 Å². The van der Waals surface area contributed by atoms with Gasteiger partial charge in [-0.15, -0.1) is 0 Å². The highest BCUT2D eigenvalue weighted by Gasteiger charge is 2.33. The number of nitrogens with zero attached hydrogens (tertiary/aromatic N) is 4. The van der Waals surface area contributed by atoms with Gasteiger partial charge in [-0.1, -0.05) is 48.0 Å². The largest absolute Gasteiger partial charge is 0.495 e. The molecule has 73 heavy (non-hydrogen) atoms. The van der Waals surface area contributed by atoms with Crippen molar-refractivity contribution >= 4 is 46.9 Å². The van der Waals surface area contributed by atoms with Crippen molar-refractivity contribution in [2.24, 2.45) is 5.73 Å². The summed E-state index contributed by atoms with van der Waals surface area (Å²) in [5, 5.41) is 9.74. The van der Waals surface area contributed by atoms with Crippen LogP contribution in [0.15, 0.2) is 78.9 Å². The molecule has 0 radical (unpaired) electrons. The van der Waals surface area contributed by atoms with Gasteiger partial charge in [-0.3, -0.25) is 39.2 Å². The number of carbonyl (C=O) groups is 5. The number of nitrogens with one attached hydrogen (secondary N) is 3. The highest BCUT2D eigenvalue weighted by atomic mass is 35.5.